The summed E-state index contributed by atoms with van der Waals surface area (Å²) >= 11 is 0. The zero-order chi connectivity index (χ0) is 22.8. The van der Waals surface area contributed by atoms with Gasteiger partial charge in [0.1, 0.15) is 18.5 Å². The van der Waals surface area contributed by atoms with E-state index in [4.69, 9.17) is 9.84 Å². The second kappa shape index (κ2) is 8.86. The van der Waals surface area contributed by atoms with E-state index in [1.165, 1.54) is 11.8 Å². The van der Waals surface area contributed by atoms with Crippen LogP contribution < -0.4 is 5.32 Å². The number of rotatable bonds is 5. The van der Waals surface area contributed by atoms with Gasteiger partial charge in [0.2, 0.25) is 0 Å². The fourth-order valence-electron chi connectivity index (χ4n) is 3.32. The first-order valence-electron chi connectivity index (χ1n) is 9.68. The van der Waals surface area contributed by atoms with Crippen molar-refractivity contribution in [2.24, 2.45) is 0 Å². The maximum absolute atomic E-state index is 13.0. The van der Waals surface area contributed by atoms with Crippen molar-refractivity contribution in [3.63, 3.8) is 0 Å². The molecule has 31 heavy (non-hydrogen) atoms. The van der Waals surface area contributed by atoms with Crippen molar-refractivity contribution in [2.75, 3.05) is 11.9 Å². The van der Waals surface area contributed by atoms with Crippen molar-refractivity contribution < 1.29 is 32.6 Å². The predicted molar refractivity (Wildman–Crippen MR) is 104 cm³/mol. The van der Waals surface area contributed by atoms with Gasteiger partial charge in [-0.05, 0) is 38.0 Å². The number of aromatic nitrogens is 2. The molecule has 1 aliphatic rings. The highest BCUT2D eigenvalue weighted by atomic mass is 19.4. The van der Waals surface area contributed by atoms with Gasteiger partial charge in [-0.1, -0.05) is 11.6 Å². The van der Waals surface area contributed by atoms with Crippen LogP contribution in [0.1, 0.15) is 35.7 Å². The average molecular weight is 440 g/mol. The minimum atomic E-state index is -4.47. The number of carboxylic acid groups (broad SMARTS) is 1. The fraction of sp³-hybridized carbons (Fsp3) is 0.450. The van der Waals surface area contributed by atoms with E-state index in [1.54, 1.807) is 23.7 Å². The Bertz CT molecular complexity index is 974. The molecule has 2 heterocycles. The normalized spacial score (nSPS) is 15.1. The number of nitrogens with one attached hydrogen (secondary N) is 1. The van der Waals surface area contributed by atoms with Gasteiger partial charge in [-0.25, -0.2) is 4.79 Å². The molecule has 1 aromatic heterocycles. The lowest BCUT2D eigenvalue weighted by Crippen LogP contribution is -2.31. The number of hydrogen-bond donors (Lipinski definition) is 2. The number of aryl methyl sites for hydroxylation is 2. The van der Waals surface area contributed by atoms with E-state index in [2.05, 4.69) is 10.4 Å². The molecular formula is C20H23F3N4O4. The summed E-state index contributed by atoms with van der Waals surface area (Å²) in [5.74, 6) is -0.627. The molecule has 0 aliphatic carbocycles. The summed E-state index contributed by atoms with van der Waals surface area (Å²) in [7, 11) is 0. The monoisotopic (exact) mass is 440 g/mol. The first-order valence-corrected chi connectivity index (χ1v) is 9.68. The summed E-state index contributed by atoms with van der Waals surface area (Å²) in [6, 6.07) is 4.40. The third-order valence-electron chi connectivity index (χ3n) is 4.83. The van der Waals surface area contributed by atoms with E-state index in [0.29, 0.717) is 36.6 Å². The highest BCUT2D eigenvalue weighted by Crippen LogP contribution is 2.30. The van der Waals surface area contributed by atoms with Gasteiger partial charge < -0.3 is 20.1 Å². The molecule has 0 spiro atoms. The van der Waals surface area contributed by atoms with Crippen LogP contribution in [0, 0.1) is 6.92 Å². The summed E-state index contributed by atoms with van der Waals surface area (Å²) in [4.78, 5) is 25.0. The standard InChI is InChI=1S/C20H23F3N4O4/c1-12-6-14(8-15(7-12)20(21,22)23)11-31-19(30)26-4-3-5-27-16(10-26)9-17(25-27)24-13(2)18(28)29/h6-9,13H,3-5,10-11H2,1-2H3,(H,24,25)(H,28,29). The Morgan fingerprint density at radius 3 is 2.68 bits per heavy atom. The van der Waals surface area contributed by atoms with E-state index in [1.807, 2.05) is 0 Å². The molecule has 0 saturated heterocycles. The van der Waals surface area contributed by atoms with E-state index in [-0.39, 0.29) is 18.7 Å². The average Bonchev–Trinajstić information content (AvgIpc) is 2.94. The van der Waals surface area contributed by atoms with Crippen LogP contribution in [0.3, 0.4) is 0 Å². The number of aliphatic carboxylic acids is 1. The summed E-state index contributed by atoms with van der Waals surface area (Å²) in [5, 5.41) is 16.1. The van der Waals surface area contributed by atoms with E-state index < -0.39 is 29.8 Å². The molecule has 1 atom stereocenters. The molecule has 168 valence electrons. The second-order valence-electron chi connectivity index (χ2n) is 7.48. The molecule has 0 fully saturated rings. The topological polar surface area (TPSA) is 96.7 Å². The smallest absolute Gasteiger partial charge is 0.416 e. The minimum absolute atomic E-state index is 0.191. The van der Waals surface area contributed by atoms with E-state index in [9.17, 15) is 22.8 Å². The molecular weight excluding hydrogens is 417 g/mol. The molecule has 0 radical (unpaired) electrons. The molecule has 1 unspecified atom stereocenters. The van der Waals surface area contributed by atoms with Crippen LogP contribution in [0.15, 0.2) is 24.3 Å². The van der Waals surface area contributed by atoms with Crippen LogP contribution in [0.5, 0.6) is 0 Å². The van der Waals surface area contributed by atoms with Crippen LogP contribution in [-0.2, 0) is 35.4 Å². The zero-order valence-corrected chi connectivity index (χ0v) is 17.1. The number of anilines is 1. The Labute approximate surface area is 176 Å². The van der Waals surface area contributed by atoms with Crippen LogP contribution >= 0.6 is 0 Å². The highest BCUT2D eigenvalue weighted by molar-refractivity contribution is 5.76. The van der Waals surface area contributed by atoms with Crippen molar-refractivity contribution in [3.8, 4) is 0 Å². The number of carbonyl (C=O) groups is 2. The summed E-state index contributed by atoms with van der Waals surface area (Å²) in [5.41, 5.74) is 0.599. The summed E-state index contributed by atoms with van der Waals surface area (Å²) in [6.07, 6.45) is -4.52. The lowest BCUT2D eigenvalue weighted by molar-refractivity contribution is -0.138. The SMILES string of the molecule is Cc1cc(COC(=O)N2CCCn3nc(NC(C)C(=O)O)cc3C2)cc(C(F)(F)F)c1. The third kappa shape index (κ3) is 5.68. The second-order valence-corrected chi connectivity index (χ2v) is 7.48. The molecule has 1 aromatic carbocycles. The van der Waals surface area contributed by atoms with Crippen molar-refractivity contribution in [2.45, 2.75) is 52.2 Å². The number of carbonyl (C=O) groups excluding carboxylic acids is 1. The van der Waals surface area contributed by atoms with Crippen LogP contribution in [-0.4, -0.2) is 44.4 Å². The molecule has 0 bridgehead atoms. The number of carboxylic acids is 1. The van der Waals surface area contributed by atoms with Crippen molar-refractivity contribution >= 4 is 17.9 Å². The third-order valence-corrected chi connectivity index (χ3v) is 4.83. The Morgan fingerprint density at radius 1 is 1.26 bits per heavy atom. The van der Waals surface area contributed by atoms with E-state index in [0.717, 1.165) is 12.1 Å². The number of hydrogen-bond acceptors (Lipinski definition) is 5. The largest absolute Gasteiger partial charge is 0.480 e. The summed E-state index contributed by atoms with van der Waals surface area (Å²) in [6.45, 7) is 3.89. The number of benzene rings is 1. The van der Waals surface area contributed by atoms with E-state index >= 15 is 0 Å². The van der Waals surface area contributed by atoms with Crippen molar-refractivity contribution in [3.05, 3.63) is 46.6 Å². The molecule has 11 heteroatoms. The lowest BCUT2D eigenvalue weighted by Gasteiger charge is -2.20. The number of alkyl halides is 3. The van der Waals surface area contributed by atoms with Crippen LogP contribution in [0.2, 0.25) is 0 Å². The Kier molecular flexibility index (Phi) is 6.42. The van der Waals surface area contributed by atoms with Crippen molar-refractivity contribution in [1.82, 2.24) is 14.7 Å². The zero-order valence-electron chi connectivity index (χ0n) is 17.1. The molecule has 1 amide bonds. The van der Waals surface area contributed by atoms with Crippen LogP contribution in [0.25, 0.3) is 0 Å². The van der Waals surface area contributed by atoms with Gasteiger partial charge in [-0.15, -0.1) is 0 Å². The molecule has 2 aromatic rings. The van der Waals surface area contributed by atoms with Crippen molar-refractivity contribution in [1.29, 1.82) is 0 Å². The van der Waals surface area contributed by atoms with Gasteiger partial charge in [0, 0.05) is 19.2 Å². The molecule has 8 nitrogen and oxygen atoms in total. The predicted octanol–water partition coefficient (Wildman–Crippen LogP) is 3.64. The van der Waals surface area contributed by atoms with Crippen LogP contribution in [0.4, 0.5) is 23.8 Å². The highest BCUT2D eigenvalue weighted by Gasteiger charge is 2.31. The van der Waals surface area contributed by atoms with Gasteiger partial charge in [-0.2, -0.15) is 18.3 Å². The molecule has 0 saturated carbocycles. The molecule has 3 rings (SSSR count). The number of fused-ring (bicyclic) bond motifs is 1. The first-order chi connectivity index (χ1) is 14.5. The fourth-order valence-corrected chi connectivity index (χ4v) is 3.32. The Morgan fingerprint density at radius 2 is 2.00 bits per heavy atom. The summed E-state index contributed by atoms with van der Waals surface area (Å²) < 4.78 is 45.9. The lowest BCUT2D eigenvalue weighted by atomic mass is 10.1. The number of nitrogens with zero attached hydrogens (tertiary/aromatic N) is 3. The number of amides is 1. The Balaban J connectivity index is 1.65. The molecule has 1 aliphatic heterocycles. The first kappa shape index (κ1) is 22.4. The maximum atomic E-state index is 13.0. The maximum Gasteiger partial charge on any atom is 0.416 e. The number of halogens is 3. The van der Waals surface area contributed by atoms with Gasteiger partial charge >= 0.3 is 18.2 Å². The van der Waals surface area contributed by atoms with Gasteiger partial charge in [0.15, 0.2) is 0 Å². The minimum Gasteiger partial charge on any atom is -0.480 e. The number of ether oxygens (including phenoxy) is 1. The van der Waals surface area contributed by atoms with Gasteiger partial charge in [0.05, 0.1) is 17.8 Å². The molecule has 2 N–H and O–H groups in total. The quantitative estimate of drug-likeness (QED) is 0.737. The van der Waals surface area contributed by atoms with Gasteiger partial charge in [0.25, 0.3) is 0 Å². The van der Waals surface area contributed by atoms with Gasteiger partial charge in [-0.3, -0.25) is 9.48 Å². The Hall–Kier alpha value is -3.24.